The molecule has 3 N–H and O–H groups in total. The first-order valence-electron chi connectivity index (χ1n) is 11.4. The van der Waals surface area contributed by atoms with Gasteiger partial charge in [0.1, 0.15) is 12.2 Å². The van der Waals surface area contributed by atoms with Gasteiger partial charge in [-0.3, -0.25) is 18.9 Å². The SMILES string of the molecule is CCC(O)(CC)C1C2CC3C(OC(=O)C31)C2OC(=O)C(C)C(C)C(=O)OC(O)C(F)(F)S(=O)(=O)O. The molecule has 0 aromatic rings. The number of fused-ring (bicyclic) bond motifs is 1. The van der Waals surface area contributed by atoms with E-state index in [1.807, 2.05) is 0 Å². The van der Waals surface area contributed by atoms with Crippen molar-refractivity contribution in [2.24, 2.45) is 35.5 Å². The van der Waals surface area contributed by atoms with Gasteiger partial charge >= 0.3 is 33.3 Å². The maximum atomic E-state index is 13.5. The highest BCUT2D eigenvalue weighted by Gasteiger charge is 2.71. The summed E-state index contributed by atoms with van der Waals surface area (Å²) in [7, 11) is -6.08. The number of halogens is 2. The second-order valence-electron chi connectivity index (χ2n) is 9.63. The van der Waals surface area contributed by atoms with Gasteiger partial charge in [0, 0.05) is 17.8 Å². The maximum Gasteiger partial charge on any atom is 0.430 e. The smallest absolute Gasteiger partial charge is 0.430 e. The van der Waals surface area contributed by atoms with Crippen LogP contribution in [-0.2, 0) is 38.7 Å². The van der Waals surface area contributed by atoms with Crippen LogP contribution in [-0.4, -0.2) is 70.4 Å². The van der Waals surface area contributed by atoms with Crippen LogP contribution >= 0.6 is 0 Å². The van der Waals surface area contributed by atoms with Crippen molar-refractivity contribution in [3.8, 4) is 0 Å². The Kier molecular flexibility index (Phi) is 7.27. The van der Waals surface area contributed by atoms with Crippen molar-refractivity contribution in [2.75, 3.05) is 0 Å². The Labute approximate surface area is 200 Å². The molecule has 0 spiro atoms. The van der Waals surface area contributed by atoms with Gasteiger partial charge in [0.25, 0.3) is 6.29 Å². The predicted molar refractivity (Wildman–Crippen MR) is 111 cm³/mol. The molecule has 2 aliphatic carbocycles. The van der Waals surface area contributed by atoms with E-state index in [0.717, 1.165) is 6.92 Å². The number of hydrogen-bond acceptors (Lipinski definition) is 10. The molecule has 1 heterocycles. The first-order valence-corrected chi connectivity index (χ1v) is 12.8. The fourth-order valence-corrected chi connectivity index (χ4v) is 5.97. The zero-order valence-electron chi connectivity index (χ0n) is 19.6. The fraction of sp³-hybridized carbons (Fsp3) is 0.857. The van der Waals surface area contributed by atoms with Crippen molar-refractivity contribution in [1.29, 1.82) is 0 Å². The minimum absolute atomic E-state index is 0.226. The summed E-state index contributed by atoms with van der Waals surface area (Å²) in [5.74, 6) is -7.22. The fourth-order valence-electron chi connectivity index (χ4n) is 5.66. The highest BCUT2D eigenvalue weighted by atomic mass is 32.2. The lowest BCUT2D eigenvalue weighted by atomic mass is 9.67. The van der Waals surface area contributed by atoms with E-state index < -0.39 is 81.1 Å². The van der Waals surface area contributed by atoms with Gasteiger partial charge in [-0.25, -0.2) is 0 Å². The number of carbonyl (C=O) groups is 3. The normalized spacial score (nSPS) is 32.7. The number of aliphatic hydroxyl groups is 2. The topological polar surface area (TPSA) is 174 Å². The van der Waals surface area contributed by atoms with Gasteiger partial charge < -0.3 is 24.4 Å². The Morgan fingerprint density at radius 2 is 1.69 bits per heavy atom. The summed E-state index contributed by atoms with van der Waals surface area (Å²) >= 11 is 0. The third-order valence-electron chi connectivity index (χ3n) is 8.00. The zero-order chi connectivity index (χ0) is 26.7. The van der Waals surface area contributed by atoms with Gasteiger partial charge in [-0.1, -0.05) is 27.7 Å². The van der Waals surface area contributed by atoms with Crippen LogP contribution in [0.5, 0.6) is 0 Å². The van der Waals surface area contributed by atoms with E-state index in [4.69, 9.17) is 14.0 Å². The molecule has 9 atom stereocenters. The molecule has 0 radical (unpaired) electrons. The molecule has 0 aromatic carbocycles. The van der Waals surface area contributed by atoms with Crippen LogP contribution in [0.1, 0.15) is 47.0 Å². The lowest BCUT2D eigenvalue weighted by Crippen LogP contribution is -2.51. The van der Waals surface area contributed by atoms with Crippen LogP contribution in [0.4, 0.5) is 8.78 Å². The molecule has 14 heteroatoms. The van der Waals surface area contributed by atoms with Crippen molar-refractivity contribution in [1.82, 2.24) is 0 Å². The molecule has 35 heavy (non-hydrogen) atoms. The number of carbonyl (C=O) groups excluding carboxylic acids is 3. The summed E-state index contributed by atoms with van der Waals surface area (Å²) in [6.07, 6.45) is -3.80. The van der Waals surface area contributed by atoms with Gasteiger partial charge in [-0.05, 0) is 19.3 Å². The standard InChI is InChI=1S/C21H30F2O11S/c1-5-20(28,6-2)13-11-7-10-12(13)18(26)33-14(10)15(11)32-16(24)8(3)9(4)17(25)34-19(27)21(22,23)35(29,30)31/h8-15,19,27-28H,5-7H2,1-4H3,(H,29,30,31). The largest absolute Gasteiger partial charge is 0.458 e. The number of hydrogen-bond donors (Lipinski definition) is 3. The van der Waals surface area contributed by atoms with E-state index in [0.29, 0.717) is 19.3 Å². The average Bonchev–Trinajstić information content (AvgIpc) is 3.40. The second-order valence-corrected chi connectivity index (χ2v) is 11.1. The molecule has 0 amide bonds. The molecule has 200 valence electrons. The molecule has 0 aromatic heterocycles. The Balaban J connectivity index is 1.70. The summed E-state index contributed by atoms with van der Waals surface area (Å²) < 4.78 is 71.9. The van der Waals surface area contributed by atoms with E-state index in [1.165, 1.54) is 6.92 Å². The van der Waals surface area contributed by atoms with Crippen molar-refractivity contribution in [2.45, 2.75) is 76.3 Å². The molecule has 3 fully saturated rings. The van der Waals surface area contributed by atoms with E-state index in [9.17, 15) is 41.8 Å². The number of ether oxygens (including phenoxy) is 3. The first-order chi connectivity index (χ1) is 16.0. The van der Waals surface area contributed by atoms with E-state index >= 15 is 0 Å². The predicted octanol–water partition coefficient (Wildman–Crippen LogP) is 0.871. The molecule has 1 saturated heterocycles. The van der Waals surface area contributed by atoms with Gasteiger partial charge in [-0.2, -0.15) is 17.2 Å². The summed E-state index contributed by atoms with van der Waals surface area (Å²) in [5, 5.41) is 15.3. The van der Waals surface area contributed by atoms with Crippen molar-refractivity contribution in [3.05, 3.63) is 0 Å². The maximum absolute atomic E-state index is 13.5. The Morgan fingerprint density at radius 1 is 1.14 bits per heavy atom. The highest BCUT2D eigenvalue weighted by Crippen LogP contribution is 2.62. The Morgan fingerprint density at radius 3 is 2.20 bits per heavy atom. The minimum atomic E-state index is -6.08. The van der Waals surface area contributed by atoms with Crippen LogP contribution in [0.25, 0.3) is 0 Å². The lowest BCUT2D eigenvalue weighted by Gasteiger charge is -2.41. The van der Waals surface area contributed by atoms with Crippen molar-refractivity contribution < 1.29 is 60.6 Å². The van der Waals surface area contributed by atoms with E-state index in [2.05, 4.69) is 4.74 Å². The third-order valence-corrected chi connectivity index (χ3v) is 8.89. The van der Waals surface area contributed by atoms with Gasteiger partial charge in [-0.15, -0.1) is 0 Å². The van der Waals surface area contributed by atoms with Crippen LogP contribution in [0.3, 0.4) is 0 Å². The third kappa shape index (κ3) is 4.42. The average molecular weight is 529 g/mol. The number of rotatable bonds is 10. The molecular formula is C21H30F2O11S. The molecule has 2 bridgehead atoms. The molecule has 3 aliphatic rings. The number of aliphatic hydroxyl groups excluding tert-OH is 1. The first kappa shape index (κ1) is 27.7. The van der Waals surface area contributed by atoms with Crippen LogP contribution < -0.4 is 0 Å². The highest BCUT2D eigenvalue weighted by molar-refractivity contribution is 7.86. The molecule has 2 saturated carbocycles. The quantitative estimate of drug-likeness (QED) is 0.159. The summed E-state index contributed by atoms with van der Waals surface area (Å²) in [5.41, 5.74) is -1.17. The van der Waals surface area contributed by atoms with Gasteiger partial charge in [0.15, 0.2) is 0 Å². The van der Waals surface area contributed by atoms with E-state index in [-0.39, 0.29) is 11.8 Å². The molecular weight excluding hydrogens is 498 g/mol. The van der Waals surface area contributed by atoms with Gasteiger partial charge in [0.05, 0.1) is 23.4 Å². The number of alkyl halides is 2. The van der Waals surface area contributed by atoms with Crippen molar-refractivity contribution in [3.63, 3.8) is 0 Å². The summed E-state index contributed by atoms with van der Waals surface area (Å²) in [6.45, 7) is 5.95. The minimum Gasteiger partial charge on any atom is -0.458 e. The lowest BCUT2D eigenvalue weighted by molar-refractivity contribution is -0.211. The van der Waals surface area contributed by atoms with Crippen LogP contribution in [0.15, 0.2) is 0 Å². The van der Waals surface area contributed by atoms with Gasteiger partial charge in [0.2, 0.25) is 0 Å². The van der Waals surface area contributed by atoms with Crippen LogP contribution in [0.2, 0.25) is 0 Å². The molecule has 11 nitrogen and oxygen atoms in total. The van der Waals surface area contributed by atoms with E-state index in [1.54, 1.807) is 13.8 Å². The second kappa shape index (κ2) is 9.20. The molecule has 9 unspecified atom stereocenters. The Hall–Kier alpha value is -1.90. The Bertz CT molecular complexity index is 980. The monoisotopic (exact) mass is 528 g/mol. The summed E-state index contributed by atoms with van der Waals surface area (Å²) in [6, 6.07) is 0. The van der Waals surface area contributed by atoms with Crippen molar-refractivity contribution >= 4 is 28.0 Å². The van der Waals surface area contributed by atoms with Crippen LogP contribution in [0, 0.1) is 35.5 Å². The zero-order valence-corrected chi connectivity index (χ0v) is 20.4. The molecule has 3 rings (SSSR count). The summed E-state index contributed by atoms with van der Waals surface area (Å²) in [4.78, 5) is 37.5. The molecule has 1 aliphatic heterocycles. The number of esters is 3.